The highest BCUT2D eigenvalue weighted by Crippen LogP contribution is 2.62. The zero-order chi connectivity index (χ0) is 33.9. The van der Waals surface area contributed by atoms with Gasteiger partial charge in [0.1, 0.15) is 22.2 Å². The Hall–Kier alpha value is -3.59. The fraction of sp³-hybridized carbons (Fsp3) is 0.387. The Morgan fingerprint density at radius 3 is 1.93 bits per heavy atom. The van der Waals surface area contributed by atoms with Crippen LogP contribution in [0.2, 0.25) is 0 Å². The summed E-state index contributed by atoms with van der Waals surface area (Å²) in [4.78, 5) is 11.6. The van der Waals surface area contributed by atoms with Gasteiger partial charge in [-0.25, -0.2) is 21.6 Å². The molecular weight excluding hydrogens is 655 g/mol. The van der Waals surface area contributed by atoms with Gasteiger partial charge in [-0.1, -0.05) is 37.1 Å². The van der Waals surface area contributed by atoms with Crippen LogP contribution in [0.3, 0.4) is 0 Å². The summed E-state index contributed by atoms with van der Waals surface area (Å²) < 4.78 is 161. The molecule has 3 aromatic rings. The van der Waals surface area contributed by atoms with E-state index in [1.165, 1.54) is 0 Å². The lowest BCUT2D eigenvalue weighted by Crippen LogP contribution is -2.56. The van der Waals surface area contributed by atoms with Gasteiger partial charge in [0, 0.05) is 11.1 Å². The number of alkyl halides is 6. The minimum atomic E-state index is -6.25. The molecule has 5 nitrogen and oxygen atoms in total. The first-order chi connectivity index (χ1) is 21.4. The number of carbonyl (C=O) groups is 1. The number of sulfone groups is 1. The van der Waals surface area contributed by atoms with Crippen molar-refractivity contribution < 1.29 is 62.6 Å². The Labute approximate surface area is 256 Å². The normalized spacial score (nSPS) is 21.0. The minimum Gasteiger partial charge on any atom is -0.481 e. The van der Waals surface area contributed by atoms with Gasteiger partial charge in [-0.2, -0.15) is 26.3 Å². The van der Waals surface area contributed by atoms with Crippen LogP contribution in [-0.2, 0) is 36.3 Å². The molecule has 0 aromatic heterocycles. The monoisotopic (exact) mass is 680 g/mol. The SMILES string of the molecule is O=C(O)[C@H]1C[C@]1(c1ccc(C(OCc2c(F)cccc2F)(C(F)(F)F)C(F)(F)F)c(C2CCCC2)c1)S(=O)(=O)c1ccc(F)cc1. The summed E-state index contributed by atoms with van der Waals surface area (Å²) in [5, 5.41) is 9.80. The van der Waals surface area contributed by atoms with E-state index in [2.05, 4.69) is 4.74 Å². The lowest BCUT2D eigenvalue weighted by Gasteiger charge is -2.39. The summed E-state index contributed by atoms with van der Waals surface area (Å²) in [6.45, 7) is -1.77. The fourth-order valence-electron chi connectivity index (χ4n) is 6.41. The molecule has 2 aliphatic rings. The van der Waals surface area contributed by atoms with E-state index in [1.807, 2.05) is 0 Å². The van der Waals surface area contributed by atoms with Crippen LogP contribution in [0.5, 0.6) is 0 Å². The molecule has 46 heavy (non-hydrogen) atoms. The molecule has 0 radical (unpaired) electrons. The van der Waals surface area contributed by atoms with E-state index in [0.29, 0.717) is 37.1 Å². The van der Waals surface area contributed by atoms with Crippen LogP contribution in [0, 0.1) is 23.4 Å². The highest BCUT2D eigenvalue weighted by molar-refractivity contribution is 7.92. The van der Waals surface area contributed by atoms with Crippen molar-refractivity contribution in [2.75, 3.05) is 0 Å². The molecule has 15 heteroatoms. The Morgan fingerprint density at radius 1 is 0.870 bits per heavy atom. The third-order valence-electron chi connectivity index (χ3n) is 8.82. The maximum Gasteiger partial charge on any atom is 0.430 e. The van der Waals surface area contributed by atoms with Crippen LogP contribution >= 0.6 is 0 Å². The van der Waals surface area contributed by atoms with Crippen LogP contribution < -0.4 is 0 Å². The molecule has 0 saturated heterocycles. The summed E-state index contributed by atoms with van der Waals surface area (Å²) in [6.07, 6.45) is -12.0. The quantitative estimate of drug-likeness (QED) is 0.183. The summed E-state index contributed by atoms with van der Waals surface area (Å²) in [5.41, 5.74) is -8.70. The summed E-state index contributed by atoms with van der Waals surface area (Å²) >= 11 is 0. The van der Waals surface area contributed by atoms with Gasteiger partial charge >= 0.3 is 18.3 Å². The van der Waals surface area contributed by atoms with E-state index < -0.39 is 102 Å². The number of benzene rings is 3. The van der Waals surface area contributed by atoms with Crippen LogP contribution in [0.25, 0.3) is 0 Å². The molecule has 2 aliphatic carbocycles. The second kappa shape index (κ2) is 11.6. The van der Waals surface area contributed by atoms with Gasteiger partial charge < -0.3 is 9.84 Å². The van der Waals surface area contributed by atoms with Crippen LogP contribution in [0.4, 0.5) is 39.5 Å². The summed E-state index contributed by atoms with van der Waals surface area (Å²) in [6, 6.07) is 7.44. The average Bonchev–Trinajstić information content (AvgIpc) is 3.52. The zero-order valence-electron chi connectivity index (χ0n) is 23.6. The number of halogens is 9. The van der Waals surface area contributed by atoms with Crippen molar-refractivity contribution in [3.8, 4) is 0 Å². The zero-order valence-corrected chi connectivity index (χ0v) is 24.4. The van der Waals surface area contributed by atoms with E-state index in [9.17, 15) is 57.8 Å². The molecule has 2 saturated carbocycles. The molecule has 248 valence electrons. The lowest BCUT2D eigenvalue weighted by molar-refractivity contribution is -0.393. The maximum atomic E-state index is 14.8. The van der Waals surface area contributed by atoms with E-state index in [0.717, 1.165) is 36.4 Å². The van der Waals surface area contributed by atoms with Gasteiger partial charge in [-0.05, 0) is 72.7 Å². The molecule has 2 fully saturated rings. The van der Waals surface area contributed by atoms with Crippen molar-refractivity contribution >= 4 is 15.8 Å². The smallest absolute Gasteiger partial charge is 0.430 e. The molecule has 0 aliphatic heterocycles. The van der Waals surface area contributed by atoms with E-state index in [-0.39, 0.29) is 18.4 Å². The fourth-order valence-corrected chi connectivity index (χ4v) is 8.62. The molecule has 0 spiro atoms. The highest BCUT2D eigenvalue weighted by atomic mass is 32.2. The molecule has 2 atom stereocenters. The molecular formula is C31H25F9O5S. The predicted octanol–water partition coefficient (Wildman–Crippen LogP) is 8.07. The standard InChI is InChI=1S/C31H25F9O5S/c32-19-9-11-20(12-10-19)46(43,44)28(15-24(28)27(41)42)18-8-13-23(21(14-18)17-4-1-2-5-17)29(30(35,36)37,31(38,39)40)45-16-22-25(33)6-3-7-26(22)34/h3,6-14,17,24H,1-2,4-5,15-16H2,(H,41,42)/t24-,28-/m1/s1. The molecule has 1 N–H and O–H groups in total. The van der Waals surface area contributed by atoms with Crippen LogP contribution in [-0.4, -0.2) is 31.8 Å². The number of ether oxygens (including phenoxy) is 1. The summed E-state index contributed by atoms with van der Waals surface area (Å²) in [7, 11) is -4.70. The number of carboxylic acid groups (broad SMARTS) is 1. The van der Waals surface area contributed by atoms with Gasteiger partial charge in [0.05, 0.1) is 17.4 Å². The van der Waals surface area contributed by atoms with Crippen LogP contribution in [0.1, 0.15) is 60.3 Å². The number of rotatable bonds is 9. The van der Waals surface area contributed by atoms with Crippen molar-refractivity contribution in [3.05, 3.63) is 100 Å². The first-order valence-electron chi connectivity index (χ1n) is 14.0. The largest absolute Gasteiger partial charge is 0.481 e. The Morgan fingerprint density at radius 2 is 1.43 bits per heavy atom. The second-order valence-corrected chi connectivity index (χ2v) is 13.6. The van der Waals surface area contributed by atoms with Gasteiger partial charge in [0.25, 0.3) is 5.60 Å². The molecule has 0 amide bonds. The van der Waals surface area contributed by atoms with Crippen molar-refractivity contribution in [2.45, 2.75) is 72.2 Å². The Bertz CT molecular complexity index is 1710. The van der Waals surface area contributed by atoms with E-state index >= 15 is 0 Å². The van der Waals surface area contributed by atoms with Crippen LogP contribution in [0.15, 0.2) is 65.6 Å². The maximum absolute atomic E-state index is 14.8. The van der Waals surface area contributed by atoms with Gasteiger partial charge in [-0.3, -0.25) is 4.79 Å². The lowest BCUT2D eigenvalue weighted by atomic mass is 9.81. The van der Waals surface area contributed by atoms with Crippen molar-refractivity contribution in [1.29, 1.82) is 0 Å². The number of hydrogen-bond donors (Lipinski definition) is 1. The number of carboxylic acids is 1. The Kier molecular flexibility index (Phi) is 8.50. The van der Waals surface area contributed by atoms with E-state index in [4.69, 9.17) is 0 Å². The topological polar surface area (TPSA) is 80.7 Å². The first-order valence-corrected chi connectivity index (χ1v) is 15.4. The number of aliphatic carboxylic acids is 1. The second-order valence-electron chi connectivity index (χ2n) is 11.4. The van der Waals surface area contributed by atoms with Gasteiger partial charge in [0.15, 0.2) is 9.84 Å². The third kappa shape index (κ3) is 5.34. The predicted molar refractivity (Wildman–Crippen MR) is 144 cm³/mol. The third-order valence-corrected chi connectivity index (χ3v) is 11.4. The van der Waals surface area contributed by atoms with Crippen molar-refractivity contribution in [3.63, 3.8) is 0 Å². The van der Waals surface area contributed by atoms with Crippen molar-refractivity contribution in [2.24, 2.45) is 5.92 Å². The molecule has 3 aromatic carbocycles. The Balaban J connectivity index is 1.74. The molecule has 0 bridgehead atoms. The molecule has 5 rings (SSSR count). The number of hydrogen-bond acceptors (Lipinski definition) is 4. The van der Waals surface area contributed by atoms with Gasteiger partial charge in [-0.15, -0.1) is 0 Å². The van der Waals surface area contributed by atoms with E-state index in [1.54, 1.807) is 0 Å². The molecule has 0 unspecified atom stereocenters. The highest BCUT2D eigenvalue weighted by Gasteiger charge is 2.75. The first kappa shape index (κ1) is 33.8. The van der Waals surface area contributed by atoms with Crippen molar-refractivity contribution in [1.82, 2.24) is 0 Å². The minimum absolute atomic E-state index is 0.115. The molecule has 0 heterocycles. The summed E-state index contributed by atoms with van der Waals surface area (Å²) in [5.74, 6) is -7.85. The van der Waals surface area contributed by atoms with Gasteiger partial charge in [0.2, 0.25) is 0 Å². The average molecular weight is 681 g/mol.